The maximum atomic E-state index is 13.1. The number of ether oxygens (including phenoxy) is 2. The molecule has 0 bridgehead atoms. The number of benzene rings is 2. The molecule has 0 saturated heterocycles. The van der Waals surface area contributed by atoms with Gasteiger partial charge in [-0.25, -0.2) is 0 Å². The van der Waals surface area contributed by atoms with Crippen LogP contribution in [0.25, 0.3) is 0 Å². The number of pyridine rings is 1. The standard InChI is InChI=1S/C25H25N3O3S/c1-15-8-7-11-18(16(15)2)12-19-13-21(29)28-20(14-32-25(28)22(19)30-3)24(27)31-23(26)17-9-5-4-6-10-17/h4-11,13,20,26-27H,12,14H2,1-3H3. The van der Waals surface area contributed by atoms with Gasteiger partial charge >= 0.3 is 0 Å². The fourth-order valence-electron chi connectivity index (χ4n) is 3.87. The zero-order chi connectivity index (χ0) is 22.8. The van der Waals surface area contributed by atoms with Crippen molar-refractivity contribution in [1.82, 2.24) is 4.57 Å². The molecule has 0 amide bonds. The van der Waals surface area contributed by atoms with Crippen molar-refractivity contribution < 1.29 is 9.47 Å². The second-order valence-electron chi connectivity index (χ2n) is 7.74. The number of nitrogens with zero attached hydrogens (tertiary/aromatic N) is 1. The molecule has 7 heteroatoms. The van der Waals surface area contributed by atoms with Gasteiger partial charge in [-0.05, 0) is 42.7 Å². The van der Waals surface area contributed by atoms with Crippen LogP contribution in [0.15, 0.2) is 64.4 Å². The number of methoxy groups -OCH3 is 1. The first-order valence-electron chi connectivity index (χ1n) is 10.3. The van der Waals surface area contributed by atoms with E-state index in [9.17, 15) is 4.79 Å². The number of hydrogen-bond acceptors (Lipinski definition) is 6. The minimum atomic E-state index is -0.588. The van der Waals surface area contributed by atoms with Crippen LogP contribution in [-0.4, -0.2) is 29.2 Å². The molecular formula is C25H25N3O3S. The average molecular weight is 448 g/mol. The number of rotatable bonds is 5. The fourth-order valence-corrected chi connectivity index (χ4v) is 5.19. The highest BCUT2D eigenvalue weighted by Crippen LogP contribution is 2.41. The van der Waals surface area contributed by atoms with E-state index >= 15 is 0 Å². The molecule has 1 aromatic heterocycles. The first kappa shape index (κ1) is 21.9. The third-order valence-electron chi connectivity index (χ3n) is 5.78. The topological polar surface area (TPSA) is 88.2 Å². The lowest BCUT2D eigenvalue weighted by molar-refractivity contribution is 0.383. The predicted molar refractivity (Wildman–Crippen MR) is 128 cm³/mol. The lowest BCUT2D eigenvalue weighted by Crippen LogP contribution is -2.31. The summed E-state index contributed by atoms with van der Waals surface area (Å²) in [5.41, 5.74) is 4.78. The van der Waals surface area contributed by atoms with Crippen molar-refractivity contribution in [1.29, 1.82) is 10.8 Å². The lowest BCUT2D eigenvalue weighted by Gasteiger charge is -2.18. The molecule has 0 radical (unpaired) electrons. The molecule has 1 unspecified atom stereocenters. The van der Waals surface area contributed by atoms with Crippen LogP contribution < -0.4 is 10.3 Å². The largest absolute Gasteiger partial charge is 0.494 e. The quantitative estimate of drug-likeness (QED) is 0.437. The van der Waals surface area contributed by atoms with Gasteiger partial charge in [-0.15, -0.1) is 11.8 Å². The molecule has 0 saturated carbocycles. The number of thioether (sulfide) groups is 1. The summed E-state index contributed by atoms with van der Waals surface area (Å²) in [6.45, 7) is 4.16. The van der Waals surface area contributed by atoms with E-state index in [-0.39, 0.29) is 17.4 Å². The molecule has 3 aromatic rings. The van der Waals surface area contributed by atoms with E-state index in [0.717, 1.165) is 11.1 Å². The number of aromatic nitrogens is 1. The molecular weight excluding hydrogens is 422 g/mol. The number of hydrogen-bond donors (Lipinski definition) is 2. The maximum Gasteiger partial charge on any atom is 0.252 e. The molecule has 32 heavy (non-hydrogen) atoms. The molecule has 0 spiro atoms. The molecule has 0 aliphatic carbocycles. The van der Waals surface area contributed by atoms with Gasteiger partial charge in [0.05, 0.1) is 7.11 Å². The molecule has 4 rings (SSSR count). The van der Waals surface area contributed by atoms with E-state index in [1.165, 1.54) is 22.9 Å². The van der Waals surface area contributed by atoms with Crippen molar-refractivity contribution in [2.24, 2.45) is 0 Å². The Morgan fingerprint density at radius 2 is 1.84 bits per heavy atom. The van der Waals surface area contributed by atoms with Crippen LogP contribution in [0.1, 0.15) is 33.9 Å². The van der Waals surface area contributed by atoms with E-state index in [1.807, 2.05) is 24.3 Å². The number of fused-ring (bicyclic) bond motifs is 1. The highest BCUT2D eigenvalue weighted by molar-refractivity contribution is 7.99. The molecule has 2 N–H and O–H groups in total. The van der Waals surface area contributed by atoms with Gasteiger partial charge in [0.15, 0.2) is 5.75 Å². The van der Waals surface area contributed by atoms with Crippen LogP contribution in [0.2, 0.25) is 0 Å². The van der Waals surface area contributed by atoms with E-state index < -0.39 is 6.04 Å². The van der Waals surface area contributed by atoms with Crippen LogP contribution in [0.3, 0.4) is 0 Å². The average Bonchev–Trinajstić information content (AvgIpc) is 3.23. The Morgan fingerprint density at radius 1 is 1.09 bits per heavy atom. The Balaban J connectivity index is 1.64. The summed E-state index contributed by atoms with van der Waals surface area (Å²) in [6.07, 6.45) is 0.595. The second kappa shape index (κ2) is 9.04. The van der Waals surface area contributed by atoms with Crippen molar-refractivity contribution >= 4 is 23.6 Å². The van der Waals surface area contributed by atoms with E-state index in [4.69, 9.17) is 20.3 Å². The van der Waals surface area contributed by atoms with Gasteiger partial charge < -0.3 is 9.47 Å². The summed E-state index contributed by atoms with van der Waals surface area (Å²) < 4.78 is 12.8. The van der Waals surface area contributed by atoms with Gasteiger partial charge in [-0.3, -0.25) is 20.2 Å². The van der Waals surface area contributed by atoms with Crippen molar-refractivity contribution in [3.05, 3.63) is 92.8 Å². The van der Waals surface area contributed by atoms with Gasteiger partial charge in [0.2, 0.25) is 11.8 Å². The zero-order valence-corrected chi connectivity index (χ0v) is 19.1. The summed E-state index contributed by atoms with van der Waals surface area (Å²) in [4.78, 5) is 13.1. The predicted octanol–water partition coefficient (Wildman–Crippen LogP) is 4.73. The molecule has 1 atom stereocenters. The highest BCUT2D eigenvalue weighted by Gasteiger charge is 2.33. The summed E-state index contributed by atoms with van der Waals surface area (Å²) in [5.74, 6) is 0.889. The summed E-state index contributed by atoms with van der Waals surface area (Å²) in [6, 6.07) is 16.2. The first-order valence-corrected chi connectivity index (χ1v) is 11.3. The minimum Gasteiger partial charge on any atom is -0.494 e. The molecule has 2 aromatic carbocycles. The maximum absolute atomic E-state index is 13.1. The Kier molecular flexibility index (Phi) is 6.19. The van der Waals surface area contributed by atoms with Crippen LogP contribution in [-0.2, 0) is 11.2 Å². The summed E-state index contributed by atoms with van der Waals surface area (Å²) in [5, 5.41) is 17.3. The van der Waals surface area contributed by atoms with Crippen molar-refractivity contribution in [3.8, 4) is 5.75 Å². The lowest BCUT2D eigenvalue weighted by atomic mass is 9.97. The molecule has 164 valence electrons. The Labute approximate surface area is 191 Å². The minimum absolute atomic E-state index is 0.111. The van der Waals surface area contributed by atoms with Gasteiger partial charge in [0.25, 0.3) is 5.56 Å². The van der Waals surface area contributed by atoms with Gasteiger partial charge in [0.1, 0.15) is 11.1 Å². The van der Waals surface area contributed by atoms with E-state index in [2.05, 4.69) is 26.0 Å². The SMILES string of the molecule is COc1c(Cc2cccc(C)c2C)cc(=O)n2c1SCC2C(=N)OC(=N)c1ccccc1. The van der Waals surface area contributed by atoms with E-state index in [1.54, 1.807) is 29.9 Å². The third-order valence-corrected chi connectivity index (χ3v) is 6.92. The summed E-state index contributed by atoms with van der Waals surface area (Å²) in [7, 11) is 1.61. The van der Waals surface area contributed by atoms with Crippen molar-refractivity contribution in [2.45, 2.75) is 31.3 Å². The van der Waals surface area contributed by atoms with E-state index in [0.29, 0.717) is 28.5 Å². The van der Waals surface area contributed by atoms with Crippen LogP contribution in [0.5, 0.6) is 5.75 Å². The Morgan fingerprint density at radius 3 is 2.56 bits per heavy atom. The smallest absolute Gasteiger partial charge is 0.252 e. The Bertz CT molecular complexity index is 1250. The highest BCUT2D eigenvalue weighted by atomic mass is 32.2. The normalized spacial score (nSPS) is 14.7. The molecule has 2 heterocycles. The fraction of sp³-hybridized carbons (Fsp3) is 0.240. The van der Waals surface area contributed by atoms with Crippen LogP contribution in [0.4, 0.5) is 0 Å². The van der Waals surface area contributed by atoms with Gasteiger partial charge in [-0.2, -0.15) is 0 Å². The molecule has 0 fully saturated rings. The molecule has 6 nitrogen and oxygen atoms in total. The van der Waals surface area contributed by atoms with Crippen molar-refractivity contribution in [2.75, 3.05) is 12.9 Å². The monoisotopic (exact) mass is 447 g/mol. The van der Waals surface area contributed by atoms with Crippen molar-refractivity contribution in [3.63, 3.8) is 0 Å². The van der Waals surface area contributed by atoms with Crippen LogP contribution >= 0.6 is 11.8 Å². The zero-order valence-electron chi connectivity index (χ0n) is 18.3. The van der Waals surface area contributed by atoms with Gasteiger partial charge in [-0.1, -0.05) is 36.4 Å². The first-order chi connectivity index (χ1) is 15.4. The number of nitrogens with one attached hydrogen (secondary N) is 2. The Hall–Kier alpha value is -3.32. The third kappa shape index (κ3) is 4.08. The second-order valence-corrected chi connectivity index (χ2v) is 8.75. The van der Waals surface area contributed by atoms with Crippen LogP contribution in [0, 0.1) is 24.7 Å². The molecule has 1 aliphatic heterocycles. The number of aryl methyl sites for hydroxylation is 1. The molecule has 1 aliphatic rings. The van der Waals surface area contributed by atoms with Gasteiger partial charge in [0, 0.05) is 29.4 Å². The summed E-state index contributed by atoms with van der Waals surface area (Å²) >= 11 is 1.47.